The second kappa shape index (κ2) is 7.55. The molecule has 0 saturated carbocycles. The van der Waals surface area contributed by atoms with E-state index in [4.69, 9.17) is 20.8 Å². The number of carbonyl (C=O) groups is 1. The molecule has 2 aromatic rings. The van der Waals surface area contributed by atoms with Crippen molar-refractivity contribution in [2.45, 2.75) is 0 Å². The maximum atomic E-state index is 11.9. The molecule has 1 heterocycles. The van der Waals surface area contributed by atoms with E-state index in [0.717, 1.165) is 0 Å². The third kappa shape index (κ3) is 5.00. The van der Waals surface area contributed by atoms with Gasteiger partial charge < -0.3 is 14.1 Å². The van der Waals surface area contributed by atoms with Crippen LogP contribution in [-0.4, -0.2) is 31.0 Å². The number of rotatable bonds is 6. The minimum Gasteiger partial charge on any atom is -0.492 e. The lowest BCUT2D eigenvalue weighted by molar-refractivity contribution is -0.125. The summed E-state index contributed by atoms with van der Waals surface area (Å²) >= 11 is 5.86. The predicted octanol–water partition coefficient (Wildman–Crippen LogP) is 3.48. The van der Waals surface area contributed by atoms with E-state index in [-0.39, 0.29) is 5.91 Å². The van der Waals surface area contributed by atoms with Crippen LogP contribution >= 0.6 is 11.6 Å². The molecule has 5 heteroatoms. The highest BCUT2D eigenvalue weighted by Crippen LogP contribution is 2.16. The van der Waals surface area contributed by atoms with Gasteiger partial charge in [0.2, 0.25) is 5.91 Å². The Balaban J connectivity index is 1.76. The number of likely N-dealkylation sites (N-methyl/N-ethyl adjacent to an activating group) is 1. The van der Waals surface area contributed by atoms with Crippen molar-refractivity contribution in [2.24, 2.45) is 0 Å². The van der Waals surface area contributed by atoms with Crippen LogP contribution in [0, 0.1) is 0 Å². The van der Waals surface area contributed by atoms with Crippen molar-refractivity contribution >= 4 is 23.6 Å². The van der Waals surface area contributed by atoms with Crippen molar-refractivity contribution in [1.29, 1.82) is 0 Å². The molecule has 4 nitrogen and oxygen atoms in total. The van der Waals surface area contributed by atoms with Crippen LogP contribution in [0.25, 0.3) is 6.08 Å². The van der Waals surface area contributed by atoms with E-state index in [1.807, 2.05) is 12.1 Å². The summed E-state index contributed by atoms with van der Waals surface area (Å²) < 4.78 is 10.7. The summed E-state index contributed by atoms with van der Waals surface area (Å²) in [6, 6.07) is 10.7. The van der Waals surface area contributed by atoms with Crippen LogP contribution < -0.4 is 4.74 Å². The molecule has 0 saturated heterocycles. The van der Waals surface area contributed by atoms with Gasteiger partial charge in [-0.25, -0.2) is 0 Å². The maximum Gasteiger partial charge on any atom is 0.246 e. The lowest BCUT2D eigenvalue weighted by Crippen LogP contribution is -2.29. The fourth-order valence-corrected chi connectivity index (χ4v) is 1.81. The number of nitrogens with zero attached hydrogens (tertiary/aromatic N) is 1. The highest BCUT2D eigenvalue weighted by atomic mass is 35.5. The smallest absolute Gasteiger partial charge is 0.246 e. The Hall–Kier alpha value is -2.20. The second-order valence-corrected chi connectivity index (χ2v) is 4.85. The Morgan fingerprint density at radius 2 is 2.24 bits per heavy atom. The molecule has 0 N–H and O–H groups in total. The van der Waals surface area contributed by atoms with Gasteiger partial charge in [-0.05, 0) is 36.4 Å². The standard InChI is InChI=1S/C16H16ClNO3/c1-18(16(19)8-7-14-6-3-10-20-14)9-11-21-15-5-2-4-13(17)12-15/h2-8,10,12H,9,11H2,1H3/b8-7+. The largest absolute Gasteiger partial charge is 0.492 e. The predicted molar refractivity (Wildman–Crippen MR) is 82.3 cm³/mol. The fraction of sp³-hybridized carbons (Fsp3) is 0.188. The normalized spacial score (nSPS) is 10.8. The van der Waals surface area contributed by atoms with E-state index < -0.39 is 0 Å². The average molecular weight is 306 g/mol. The summed E-state index contributed by atoms with van der Waals surface area (Å²) in [5.74, 6) is 1.22. The van der Waals surface area contributed by atoms with Crippen molar-refractivity contribution in [3.05, 3.63) is 59.5 Å². The number of furan rings is 1. The van der Waals surface area contributed by atoms with Gasteiger partial charge in [0, 0.05) is 18.1 Å². The van der Waals surface area contributed by atoms with Crippen molar-refractivity contribution in [3.63, 3.8) is 0 Å². The third-order valence-electron chi connectivity index (χ3n) is 2.80. The van der Waals surface area contributed by atoms with Crippen LogP contribution in [0.3, 0.4) is 0 Å². The Labute approximate surface area is 128 Å². The van der Waals surface area contributed by atoms with Crippen LogP contribution in [-0.2, 0) is 4.79 Å². The average Bonchev–Trinajstić information content (AvgIpc) is 2.98. The summed E-state index contributed by atoms with van der Waals surface area (Å²) in [6.07, 6.45) is 4.67. The third-order valence-corrected chi connectivity index (χ3v) is 3.04. The van der Waals surface area contributed by atoms with Crippen LogP contribution in [0.4, 0.5) is 0 Å². The van der Waals surface area contributed by atoms with Gasteiger partial charge in [0.15, 0.2) is 0 Å². The molecule has 0 aliphatic heterocycles. The molecule has 0 unspecified atom stereocenters. The zero-order valence-corrected chi connectivity index (χ0v) is 12.4. The number of amides is 1. The molecule has 0 aliphatic carbocycles. The number of carbonyl (C=O) groups excluding carboxylic acids is 1. The number of hydrogen-bond donors (Lipinski definition) is 0. The zero-order chi connectivity index (χ0) is 15.1. The lowest BCUT2D eigenvalue weighted by atomic mass is 10.3. The van der Waals surface area contributed by atoms with Crippen molar-refractivity contribution in [1.82, 2.24) is 4.90 Å². The molecule has 2 rings (SSSR count). The summed E-state index contributed by atoms with van der Waals surface area (Å²) in [5, 5.41) is 0.623. The highest BCUT2D eigenvalue weighted by molar-refractivity contribution is 6.30. The molecule has 0 atom stereocenters. The summed E-state index contributed by atoms with van der Waals surface area (Å²) in [4.78, 5) is 13.4. The van der Waals surface area contributed by atoms with Crippen LogP contribution in [0.15, 0.2) is 53.2 Å². The van der Waals surface area contributed by atoms with E-state index in [1.165, 1.54) is 6.08 Å². The van der Waals surface area contributed by atoms with E-state index in [9.17, 15) is 4.79 Å². The molecule has 110 valence electrons. The fourth-order valence-electron chi connectivity index (χ4n) is 1.63. The van der Waals surface area contributed by atoms with E-state index in [1.54, 1.807) is 48.6 Å². The zero-order valence-electron chi connectivity index (χ0n) is 11.7. The van der Waals surface area contributed by atoms with E-state index >= 15 is 0 Å². The van der Waals surface area contributed by atoms with Gasteiger partial charge in [-0.2, -0.15) is 0 Å². The first-order valence-corrected chi connectivity index (χ1v) is 6.88. The van der Waals surface area contributed by atoms with Crippen molar-refractivity contribution in [3.8, 4) is 5.75 Å². The maximum absolute atomic E-state index is 11.9. The van der Waals surface area contributed by atoms with Gasteiger partial charge in [-0.1, -0.05) is 17.7 Å². The van der Waals surface area contributed by atoms with Crippen molar-refractivity contribution in [2.75, 3.05) is 20.2 Å². The molecule has 21 heavy (non-hydrogen) atoms. The Bertz CT molecular complexity index is 608. The first-order chi connectivity index (χ1) is 10.1. The van der Waals surface area contributed by atoms with Gasteiger partial charge in [0.1, 0.15) is 18.1 Å². The highest BCUT2D eigenvalue weighted by Gasteiger charge is 2.05. The lowest BCUT2D eigenvalue weighted by Gasteiger charge is -2.15. The summed E-state index contributed by atoms with van der Waals surface area (Å²) in [5.41, 5.74) is 0. The summed E-state index contributed by atoms with van der Waals surface area (Å²) in [6.45, 7) is 0.880. The first-order valence-electron chi connectivity index (χ1n) is 6.50. The van der Waals surface area contributed by atoms with E-state index in [2.05, 4.69) is 0 Å². The van der Waals surface area contributed by atoms with Crippen LogP contribution in [0.5, 0.6) is 5.75 Å². The molecule has 1 aromatic heterocycles. The monoisotopic (exact) mass is 305 g/mol. The Morgan fingerprint density at radius 1 is 1.38 bits per heavy atom. The number of hydrogen-bond acceptors (Lipinski definition) is 3. The quantitative estimate of drug-likeness (QED) is 0.767. The molecular formula is C16H16ClNO3. The molecule has 1 aromatic carbocycles. The molecular weight excluding hydrogens is 290 g/mol. The van der Waals surface area contributed by atoms with Gasteiger partial charge in [-0.3, -0.25) is 4.79 Å². The molecule has 0 aliphatic rings. The summed E-state index contributed by atoms with van der Waals surface area (Å²) in [7, 11) is 1.72. The Kier molecular flexibility index (Phi) is 5.46. The minimum absolute atomic E-state index is 0.110. The van der Waals surface area contributed by atoms with Gasteiger partial charge in [0.05, 0.1) is 12.8 Å². The van der Waals surface area contributed by atoms with Gasteiger partial charge in [-0.15, -0.1) is 0 Å². The molecule has 0 bridgehead atoms. The van der Waals surface area contributed by atoms with Crippen molar-refractivity contribution < 1.29 is 13.9 Å². The first kappa shape index (κ1) is 15.2. The topological polar surface area (TPSA) is 42.7 Å². The molecule has 0 radical (unpaired) electrons. The van der Waals surface area contributed by atoms with Gasteiger partial charge >= 0.3 is 0 Å². The Morgan fingerprint density at radius 3 is 2.95 bits per heavy atom. The molecule has 1 amide bonds. The number of halogens is 1. The molecule has 0 fully saturated rings. The number of ether oxygens (including phenoxy) is 1. The van der Waals surface area contributed by atoms with Gasteiger partial charge in [0.25, 0.3) is 0 Å². The van der Waals surface area contributed by atoms with Crippen LogP contribution in [0.1, 0.15) is 5.76 Å². The second-order valence-electron chi connectivity index (χ2n) is 4.41. The van der Waals surface area contributed by atoms with E-state index in [0.29, 0.717) is 29.7 Å². The molecule has 0 spiro atoms. The number of benzene rings is 1. The minimum atomic E-state index is -0.110. The van der Waals surface area contributed by atoms with Crippen LogP contribution in [0.2, 0.25) is 5.02 Å². The SMILES string of the molecule is CN(CCOc1cccc(Cl)c1)C(=O)/C=C/c1ccco1.